The number of amides is 1. The lowest BCUT2D eigenvalue weighted by atomic mass is 10.0. The minimum atomic E-state index is -0.954. The second kappa shape index (κ2) is 10.1. The van der Waals surface area contributed by atoms with E-state index in [4.69, 9.17) is 4.74 Å². The summed E-state index contributed by atoms with van der Waals surface area (Å²) in [7, 11) is 0. The highest BCUT2D eigenvalue weighted by molar-refractivity contribution is 9.09. The summed E-state index contributed by atoms with van der Waals surface area (Å²) in [6, 6.07) is 0. The number of nitrogens with zero attached hydrogens (tertiary/aromatic N) is 1. The Hall–Kier alpha value is -0.710. The lowest BCUT2D eigenvalue weighted by Gasteiger charge is -2.06. The van der Waals surface area contributed by atoms with Gasteiger partial charge in [-0.3, -0.25) is 9.59 Å². The summed E-state index contributed by atoms with van der Waals surface area (Å²) in [5.41, 5.74) is 0. The molecule has 0 N–H and O–H groups in total. The van der Waals surface area contributed by atoms with E-state index in [1.54, 1.807) is 0 Å². The van der Waals surface area contributed by atoms with Gasteiger partial charge < -0.3 is 4.74 Å². The Balaban J connectivity index is 1.91. The first-order valence-corrected chi connectivity index (χ1v) is 8.18. The highest BCUT2D eigenvalue weighted by Gasteiger charge is 2.30. The quantitative estimate of drug-likeness (QED) is 0.331. The Labute approximate surface area is 123 Å². The first kappa shape index (κ1) is 16.3. The summed E-state index contributed by atoms with van der Waals surface area (Å²) in [6.45, 7) is 0. The molecule has 4 nitrogen and oxygen atoms in total. The van der Waals surface area contributed by atoms with Crippen molar-refractivity contribution in [2.24, 2.45) is 4.99 Å². The van der Waals surface area contributed by atoms with Crippen molar-refractivity contribution in [3.63, 3.8) is 0 Å². The Bertz CT molecular complexity index is 318. The molecule has 19 heavy (non-hydrogen) atoms. The average molecular weight is 332 g/mol. The number of ether oxygens (including phenoxy) is 1. The van der Waals surface area contributed by atoms with Crippen LogP contribution in [0.15, 0.2) is 4.99 Å². The minimum absolute atomic E-state index is 0.139. The fourth-order valence-corrected chi connectivity index (χ4v) is 2.46. The van der Waals surface area contributed by atoms with E-state index in [0.29, 0.717) is 6.42 Å². The van der Waals surface area contributed by atoms with Gasteiger partial charge in [-0.2, -0.15) is 4.99 Å². The van der Waals surface area contributed by atoms with Crippen molar-refractivity contribution in [2.75, 3.05) is 5.33 Å². The van der Waals surface area contributed by atoms with Gasteiger partial charge in [0.15, 0.2) is 12.2 Å². The SMILES string of the molecule is O=C(CCCCCCCCCCBr)C1OC=NC1=O. The summed E-state index contributed by atoms with van der Waals surface area (Å²) in [5.74, 6) is -0.600. The summed E-state index contributed by atoms with van der Waals surface area (Å²) >= 11 is 3.42. The molecule has 0 bridgehead atoms. The molecule has 1 unspecified atom stereocenters. The molecule has 108 valence electrons. The van der Waals surface area contributed by atoms with Crippen LogP contribution in [0.4, 0.5) is 0 Å². The zero-order valence-corrected chi connectivity index (χ0v) is 12.9. The van der Waals surface area contributed by atoms with Crippen molar-refractivity contribution in [3.8, 4) is 0 Å². The number of ketones is 1. The number of carbonyl (C=O) groups is 2. The Kier molecular flexibility index (Phi) is 8.71. The van der Waals surface area contributed by atoms with Gasteiger partial charge in [0.05, 0.1) is 0 Å². The van der Waals surface area contributed by atoms with Crippen LogP contribution in [0.1, 0.15) is 57.8 Å². The van der Waals surface area contributed by atoms with Crippen molar-refractivity contribution in [2.45, 2.75) is 63.9 Å². The molecule has 0 spiro atoms. The average Bonchev–Trinajstić information content (AvgIpc) is 2.83. The predicted molar refractivity (Wildman–Crippen MR) is 78.7 cm³/mol. The zero-order valence-electron chi connectivity index (χ0n) is 11.3. The molecule has 0 fully saturated rings. The fourth-order valence-electron chi connectivity index (χ4n) is 2.07. The topological polar surface area (TPSA) is 55.7 Å². The molecule has 1 amide bonds. The molecule has 1 aliphatic heterocycles. The minimum Gasteiger partial charge on any atom is -0.462 e. The van der Waals surface area contributed by atoms with Crippen LogP contribution in [0.2, 0.25) is 0 Å². The van der Waals surface area contributed by atoms with Crippen LogP contribution in [0.5, 0.6) is 0 Å². The number of aliphatic imine (C=N–C) groups is 1. The highest BCUT2D eigenvalue weighted by atomic mass is 79.9. The summed E-state index contributed by atoms with van der Waals surface area (Å²) in [6.07, 6.45) is 9.95. The summed E-state index contributed by atoms with van der Waals surface area (Å²) in [4.78, 5) is 26.2. The summed E-state index contributed by atoms with van der Waals surface area (Å²) in [5, 5.41) is 1.10. The van der Waals surface area contributed by atoms with Gasteiger partial charge in [-0.05, 0) is 12.8 Å². The standard InChI is InChI=1S/C14H22BrNO3/c15-10-8-6-4-2-1-3-5-7-9-12(17)13-14(18)16-11-19-13/h11,13H,1-10H2. The number of carbonyl (C=O) groups excluding carboxylic acids is 2. The van der Waals surface area contributed by atoms with E-state index in [1.165, 1.54) is 32.1 Å². The zero-order chi connectivity index (χ0) is 13.9. The fraction of sp³-hybridized carbons (Fsp3) is 0.786. The van der Waals surface area contributed by atoms with Gasteiger partial charge in [-0.15, -0.1) is 0 Å². The third-order valence-corrected chi connectivity index (χ3v) is 3.76. The van der Waals surface area contributed by atoms with Crippen LogP contribution in [0.25, 0.3) is 0 Å². The molecule has 0 aromatic heterocycles. The van der Waals surface area contributed by atoms with Gasteiger partial charge in [-0.25, -0.2) is 0 Å². The number of alkyl halides is 1. The number of hydrogen-bond donors (Lipinski definition) is 0. The maximum atomic E-state index is 11.6. The highest BCUT2D eigenvalue weighted by Crippen LogP contribution is 2.12. The second-order valence-corrected chi connectivity index (χ2v) is 5.62. The van der Waals surface area contributed by atoms with Crippen molar-refractivity contribution < 1.29 is 14.3 Å². The van der Waals surface area contributed by atoms with E-state index in [1.807, 2.05) is 0 Å². The van der Waals surface area contributed by atoms with Gasteiger partial charge in [0.25, 0.3) is 5.91 Å². The van der Waals surface area contributed by atoms with E-state index in [0.717, 1.165) is 31.0 Å². The maximum Gasteiger partial charge on any atom is 0.297 e. The number of unbranched alkanes of at least 4 members (excludes halogenated alkanes) is 7. The van der Waals surface area contributed by atoms with Crippen molar-refractivity contribution in [1.29, 1.82) is 0 Å². The van der Waals surface area contributed by atoms with Crippen LogP contribution in [0.3, 0.4) is 0 Å². The molecule has 0 saturated carbocycles. The molecule has 1 rings (SSSR count). The van der Waals surface area contributed by atoms with E-state index in [9.17, 15) is 9.59 Å². The third-order valence-electron chi connectivity index (χ3n) is 3.20. The van der Waals surface area contributed by atoms with E-state index in [-0.39, 0.29) is 5.78 Å². The Morgan fingerprint density at radius 1 is 1.11 bits per heavy atom. The van der Waals surface area contributed by atoms with Gasteiger partial charge in [-0.1, -0.05) is 54.5 Å². The lowest BCUT2D eigenvalue weighted by molar-refractivity contribution is -0.134. The van der Waals surface area contributed by atoms with Gasteiger partial charge in [0.1, 0.15) is 0 Å². The largest absolute Gasteiger partial charge is 0.462 e. The molecule has 1 atom stereocenters. The Morgan fingerprint density at radius 3 is 2.21 bits per heavy atom. The predicted octanol–water partition coefficient (Wildman–Crippen LogP) is 3.42. The van der Waals surface area contributed by atoms with E-state index in [2.05, 4.69) is 20.9 Å². The molecular weight excluding hydrogens is 310 g/mol. The monoisotopic (exact) mass is 331 g/mol. The van der Waals surface area contributed by atoms with Crippen LogP contribution in [-0.2, 0) is 14.3 Å². The van der Waals surface area contributed by atoms with Gasteiger partial charge in [0, 0.05) is 11.8 Å². The van der Waals surface area contributed by atoms with Crippen molar-refractivity contribution >= 4 is 34.0 Å². The molecule has 0 aromatic rings. The number of halogens is 1. The second-order valence-electron chi connectivity index (χ2n) is 4.82. The lowest BCUT2D eigenvalue weighted by Crippen LogP contribution is -2.27. The first-order valence-electron chi connectivity index (χ1n) is 7.06. The molecule has 5 heteroatoms. The third kappa shape index (κ3) is 6.85. The first-order chi connectivity index (χ1) is 9.25. The number of Topliss-reactive ketones (excluding diaryl/α,β-unsaturated/α-hetero) is 1. The molecule has 0 radical (unpaired) electrons. The van der Waals surface area contributed by atoms with Crippen LogP contribution >= 0.6 is 15.9 Å². The molecule has 0 aromatic carbocycles. The molecule has 0 aliphatic carbocycles. The summed E-state index contributed by atoms with van der Waals surface area (Å²) < 4.78 is 4.87. The Morgan fingerprint density at radius 2 is 1.68 bits per heavy atom. The van der Waals surface area contributed by atoms with Crippen molar-refractivity contribution in [1.82, 2.24) is 0 Å². The van der Waals surface area contributed by atoms with Gasteiger partial charge >= 0.3 is 0 Å². The smallest absolute Gasteiger partial charge is 0.297 e. The molecular formula is C14H22BrNO3. The van der Waals surface area contributed by atoms with Crippen molar-refractivity contribution in [3.05, 3.63) is 0 Å². The van der Waals surface area contributed by atoms with Crippen LogP contribution < -0.4 is 0 Å². The molecule has 1 aliphatic rings. The number of rotatable bonds is 11. The normalized spacial score (nSPS) is 17.7. The maximum absolute atomic E-state index is 11.6. The van der Waals surface area contributed by atoms with Crippen LogP contribution in [0, 0.1) is 0 Å². The van der Waals surface area contributed by atoms with E-state index < -0.39 is 12.0 Å². The van der Waals surface area contributed by atoms with Crippen LogP contribution in [-0.4, -0.2) is 29.5 Å². The van der Waals surface area contributed by atoms with E-state index >= 15 is 0 Å². The molecule has 0 saturated heterocycles. The molecule has 1 heterocycles. The van der Waals surface area contributed by atoms with Gasteiger partial charge in [0.2, 0.25) is 6.10 Å². The number of hydrogen-bond acceptors (Lipinski definition) is 3.